The second-order valence-corrected chi connectivity index (χ2v) is 8.77. The number of likely N-dealkylation sites (tertiary alicyclic amines) is 1. The summed E-state index contributed by atoms with van der Waals surface area (Å²) < 4.78 is 28.5. The Labute approximate surface area is 119 Å². The molecule has 20 heavy (non-hydrogen) atoms. The summed E-state index contributed by atoms with van der Waals surface area (Å²) in [5, 5.41) is 0. The lowest BCUT2D eigenvalue weighted by Gasteiger charge is -2.37. The number of hydrogen-bond acceptors (Lipinski definition) is 5. The molecule has 0 N–H and O–H groups in total. The Morgan fingerprint density at radius 3 is 2.20 bits per heavy atom. The van der Waals surface area contributed by atoms with Gasteiger partial charge in [-0.1, -0.05) is 0 Å². The maximum Gasteiger partial charge on any atom is 0.410 e. The lowest BCUT2D eigenvalue weighted by atomic mass is 9.77. The summed E-state index contributed by atoms with van der Waals surface area (Å²) in [6.07, 6.45) is 0.412. The van der Waals surface area contributed by atoms with Crippen LogP contribution in [-0.2, 0) is 19.4 Å². The molecule has 0 unspecified atom stereocenters. The van der Waals surface area contributed by atoms with Gasteiger partial charge >= 0.3 is 6.09 Å². The normalized spacial score (nSPS) is 24.9. The first-order valence-electron chi connectivity index (χ1n) is 6.75. The van der Waals surface area contributed by atoms with Gasteiger partial charge in [0.2, 0.25) is 0 Å². The Bertz CT molecular complexity index is 523. The van der Waals surface area contributed by atoms with Gasteiger partial charge in [-0.05, 0) is 33.6 Å². The molecule has 2 saturated heterocycles. The Morgan fingerprint density at radius 2 is 1.80 bits per heavy atom. The first-order chi connectivity index (χ1) is 9.03. The lowest BCUT2D eigenvalue weighted by Crippen LogP contribution is -2.47. The third-order valence-electron chi connectivity index (χ3n) is 3.81. The summed E-state index contributed by atoms with van der Waals surface area (Å²) in [5.74, 6) is -0.609. The van der Waals surface area contributed by atoms with E-state index in [1.54, 1.807) is 25.7 Å². The van der Waals surface area contributed by atoms with E-state index in [2.05, 4.69) is 0 Å². The van der Waals surface area contributed by atoms with Gasteiger partial charge in [0.1, 0.15) is 11.4 Å². The van der Waals surface area contributed by atoms with Crippen LogP contribution in [0.2, 0.25) is 0 Å². The van der Waals surface area contributed by atoms with Crippen molar-refractivity contribution < 1.29 is 22.7 Å². The van der Waals surface area contributed by atoms with E-state index in [1.165, 1.54) is 0 Å². The molecule has 0 atom stereocenters. The van der Waals surface area contributed by atoms with E-state index in [-0.39, 0.29) is 17.3 Å². The van der Waals surface area contributed by atoms with Crippen LogP contribution >= 0.6 is 0 Å². The largest absolute Gasteiger partial charge is 0.444 e. The van der Waals surface area contributed by atoms with Crippen LogP contribution in [0, 0.1) is 5.41 Å². The van der Waals surface area contributed by atoms with Crippen molar-refractivity contribution in [1.29, 1.82) is 0 Å². The second kappa shape index (κ2) is 4.72. The van der Waals surface area contributed by atoms with E-state index in [4.69, 9.17) is 4.74 Å². The van der Waals surface area contributed by atoms with Crippen LogP contribution in [0.3, 0.4) is 0 Å². The number of carbonyl (C=O) groups is 2. The minimum atomic E-state index is -3.25. The standard InChI is InChI=1S/C13H21NO5S/c1-12(2,3)19-11(16)14-6-4-13(5-7-14)9-20(17,18)8-10(13)15/h4-9H2,1-3H3. The SMILES string of the molecule is CC(C)(C)OC(=O)N1CCC2(CC1)CS(=O)(=O)CC2=O. The van der Waals surface area contributed by atoms with Crippen molar-refractivity contribution in [2.45, 2.75) is 39.2 Å². The third kappa shape index (κ3) is 3.13. The summed E-state index contributed by atoms with van der Waals surface area (Å²) in [6, 6.07) is 0. The van der Waals surface area contributed by atoms with Gasteiger partial charge in [-0.15, -0.1) is 0 Å². The number of carbonyl (C=O) groups excluding carboxylic acids is 2. The summed E-state index contributed by atoms with van der Waals surface area (Å²) in [6.45, 7) is 6.13. The molecule has 6 nitrogen and oxygen atoms in total. The molecule has 0 aromatic rings. The highest BCUT2D eigenvalue weighted by Crippen LogP contribution is 2.39. The molecule has 1 spiro atoms. The zero-order valence-corrected chi connectivity index (χ0v) is 13.0. The molecule has 0 aromatic carbocycles. The number of rotatable bonds is 0. The number of piperidine rings is 1. The molecule has 0 aliphatic carbocycles. The Balaban J connectivity index is 2.00. The molecule has 2 fully saturated rings. The van der Waals surface area contributed by atoms with E-state index in [1.807, 2.05) is 0 Å². The van der Waals surface area contributed by atoms with Gasteiger partial charge in [-0.3, -0.25) is 4.79 Å². The van der Waals surface area contributed by atoms with E-state index in [9.17, 15) is 18.0 Å². The predicted molar refractivity (Wildman–Crippen MR) is 73.1 cm³/mol. The quantitative estimate of drug-likeness (QED) is 0.667. The summed E-state index contributed by atoms with van der Waals surface area (Å²) in [5.41, 5.74) is -1.32. The fourth-order valence-corrected chi connectivity index (χ4v) is 4.87. The van der Waals surface area contributed by atoms with Gasteiger partial charge in [0, 0.05) is 18.5 Å². The van der Waals surface area contributed by atoms with Gasteiger partial charge in [0.25, 0.3) is 0 Å². The third-order valence-corrected chi connectivity index (χ3v) is 5.51. The topological polar surface area (TPSA) is 80.8 Å². The van der Waals surface area contributed by atoms with E-state index in [0.717, 1.165) is 0 Å². The van der Waals surface area contributed by atoms with Crippen LogP contribution < -0.4 is 0 Å². The molecule has 2 aliphatic rings. The first kappa shape index (κ1) is 15.3. The van der Waals surface area contributed by atoms with Gasteiger partial charge < -0.3 is 9.64 Å². The van der Waals surface area contributed by atoms with E-state index < -0.39 is 26.9 Å². The van der Waals surface area contributed by atoms with Crippen molar-refractivity contribution in [2.75, 3.05) is 24.6 Å². The molecule has 7 heteroatoms. The molecular formula is C13H21NO5S. The van der Waals surface area contributed by atoms with Crippen LogP contribution in [0.5, 0.6) is 0 Å². The molecule has 0 saturated carbocycles. The number of sulfone groups is 1. The highest BCUT2D eigenvalue weighted by molar-refractivity contribution is 7.92. The summed E-state index contributed by atoms with van der Waals surface area (Å²) in [7, 11) is -3.25. The van der Waals surface area contributed by atoms with Crippen molar-refractivity contribution >= 4 is 21.7 Å². The van der Waals surface area contributed by atoms with Crippen molar-refractivity contribution in [3.05, 3.63) is 0 Å². The van der Waals surface area contributed by atoms with Crippen molar-refractivity contribution in [1.82, 2.24) is 4.90 Å². The van der Waals surface area contributed by atoms with Crippen LogP contribution in [0.4, 0.5) is 4.79 Å². The van der Waals surface area contributed by atoms with Gasteiger partial charge in [-0.25, -0.2) is 13.2 Å². The first-order valence-corrected chi connectivity index (χ1v) is 8.57. The van der Waals surface area contributed by atoms with Crippen LogP contribution in [-0.4, -0.2) is 55.4 Å². The summed E-state index contributed by atoms with van der Waals surface area (Å²) in [4.78, 5) is 25.4. The van der Waals surface area contributed by atoms with Gasteiger partial charge in [0.05, 0.1) is 5.75 Å². The molecule has 2 rings (SSSR count). The minimum Gasteiger partial charge on any atom is -0.444 e. The number of nitrogens with zero attached hydrogens (tertiary/aromatic N) is 1. The lowest BCUT2D eigenvalue weighted by molar-refractivity contribution is -0.126. The number of hydrogen-bond donors (Lipinski definition) is 0. The Hall–Kier alpha value is -1.11. The number of ether oxygens (including phenoxy) is 1. The van der Waals surface area contributed by atoms with Gasteiger partial charge in [-0.2, -0.15) is 0 Å². The zero-order valence-electron chi connectivity index (χ0n) is 12.1. The van der Waals surface area contributed by atoms with Crippen molar-refractivity contribution in [3.63, 3.8) is 0 Å². The fourth-order valence-electron chi connectivity index (χ4n) is 2.77. The molecule has 114 valence electrons. The number of ketones is 1. The smallest absolute Gasteiger partial charge is 0.410 e. The van der Waals surface area contributed by atoms with Crippen LogP contribution in [0.25, 0.3) is 0 Å². The highest BCUT2D eigenvalue weighted by atomic mass is 32.2. The number of Topliss-reactive ketones (excluding diaryl/α,β-unsaturated/α-hetero) is 1. The van der Waals surface area contributed by atoms with E-state index >= 15 is 0 Å². The molecule has 2 heterocycles. The van der Waals surface area contributed by atoms with Crippen molar-refractivity contribution in [2.24, 2.45) is 5.41 Å². The van der Waals surface area contributed by atoms with E-state index in [0.29, 0.717) is 25.9 Å². The Morgan fingerprint density at radius 1 is 1.25 bits per heavy atom. The second-order valence-electron chi connectivity index (χ2n) is 6.70. The van der Waals surface area contributed by atoms with Gasteiger partial charge in [0.15, 0.2) is 15.6 Å². The average molecular weight is 303 g/mol. The van der Waals surface area contributed by atoms with Crippen LogP contribution in [0.1, 0.15) is 33.6 Å². The molecular weight excluding hydrogens is 282 g/mol. The predicted octanol–water partition coefficient (Wildman–Crippen LogP) is 1.00. The maximum absolute atomic E-state index is 12.0. The number of amides is 1. The van der Waals surface area contributed by atoms with Crippen molar-refractivity contribution in [3.8, 4) is 0 Å². The fraction of sp³-hybridized carbons (Fsp3) is 0.846. The monoisotopic (exact) mass is 303 g/mol. The molecule has 0 bridgehead atoms. The highest BCUT2D eigenvalue weighted by Gasteiger charge is 2.51. The molecule has 0 aromatic heterocycles. The average Bonchev–Trinajstić information content (AvgIpc) is 2.47. The Kier molecular flexibility index (Phi) is 3.60. The minimum absolute atomic E-state index is 0.0685. The maximum atomic E-state index is 12.0. The van der Waals surface area contributed by atoms with Crippen LogP contribution in [0.15, 0.2) is 0 Å². The zero-order chi connectivity index (χ0) is 15.2. The molecule has 1 amide bonds. The summed E-state index contributed by atoms with van der Waals surface area (Å²) >= 11 is 0. The molecule has 0 radical (unpaired) electrons. The molecule has 2 aliphatic heterocycles.